The number of aromatic nitrogens is 9. The van der Waals surface area contributed by atoms with Crippen LogP contribution in [0.2, 0.25) is 0 Å². The molecule has 0 amide bonds. The summed E-state index contributed by atoms with van der Waals surface area (Å²) >= 11 is 0. The molecule has 6 aromatic heterocycles. The number of furan rings is 3. The molecule has 0 aliphatic heterocycles. The Balaban J connectivity index is 0.000000109. The number of benzene rings is 23. The third kappa shape index (κ3) is 15.3. The first-order chi connectivity index (χ1) is 71.9. The molecule has 23 aromatic carbocycles. The molecule has 0 saturated carbocycles. The maximum Gasteiger partial charge on any atom is 0.164 e. The molecule has 0 aliphatic rings. The Morgan fingerprint density at radius 3 is 0.628 bits per heavy atom. The van der Waals surface area contributed by atoms with Gasteiger partial charge in [0.2, 0.25) is 0 Å². The summed E-state index contributed by atoms with van der Waals surface area (Å²) in [5.74, 6) is 5.56. The normalized spacial score (nSPS) is 11.6. The van der Waals surface area contributed by atoms with E-state index < -0.39 is 0 Å². The summed E-state index contributed by atoms with van der Waals surface area (Å²) in [7, 11) is 0. The maximum absolute atomic E-state index is 6.78. The highest BCUT2D eigenvalue weighted by atomic mass is 16.3. The first-order valence-electron chi connectivity index (χ1n) is 48.6. The molecule has 29 aromatic rings. The number of nitrogens with zero attached hydrogens (tertiary/aromatic N) is 9. The van der Waals surface area contributed by atoms with Crippen LogP contribution in [0.4, 0.5) is 0 Å². The first-order valence-corrected chi connectivity index (χ1v) is 48.6. The summed E-state index contributed by atoms with van der Waals surface area (Å²) in [6.07, 6.45) is 0. The average molecular weight is 1850 g/mol. The minimum Gasteiger partial charge on any atom is -0.455 e. The molecular weight excluding hydrogens is 1770 g/mol. The smallest absolute Gasteiger partial charge is 0.164 e. The first kappa shape index (κ1) is 84.6. The Morgan fingerprint density at radius 2 is 0.317 bits per heavy atom. The second-order valence-corrected chi connectivity index (χ2v) is 36.3. The van der Waals surface area contributed by atoms with E-state index in [2.05, 4.69) is 291 Å². The van der Waals surface area contributed by atoms with Crippen molar-refractivity contribution in [3.05, 3.63) is 491 Å². The van der Waals surface area contributed by atoms with E-state index in [1.165, 1.54) is 75.4 Å². The second kappa shape index (κ2) is 35.9. The van der Waals surface area contributed by atoms with Gasteiger partial charge < -0.3 is 13.3 Å². The lowest BCUT2D eigenvalue weighted by Gasteiger charge is -2.13. The molecule has 0 N–H and O–H groups in total. The van der Waals surface area contributed by atoms with E-state index in [-0.39, 0.29) is 0 Å². The standard InChI is InChI=1S/C51H31N3O.C45H27N3O.C37H23N3O/c1-3-13-32(14-4-1)33-23-25-35(26-24-33)50-52-49(34-15-5-2-6-16-34)53-51(54-50)44-30-29-37(48-47(44)43-21-11-12-22-46(43)55-48)36-27-28-42-40-19-8-7-17-38(40)39-18-9-10-20-41(39)45(42)31-36;1-3-13-28(14-4-1)43-46-44(29-15-5-2-6-16-29)48-45(47-43)38-26-25-31(42-41(38)37-21-11-12-22-40(37)49-42)30-23-24-36-34-19-8-7-17-32(34)33-18-9-10-20-35(33)39(36)27-30;1-3-12-25(13-4-1)35-38-36(26-14-5-2-6-15-26)40-37(39-35)31-22-21-29(28-20-19-24-11-7-8-16-27(24)23-28)34-33(31)30-17-9-10-18-32(30)41-34/h1-31H;1-27H;1-23H. The summed E-state index contributed by atoms with van der Waals surface area (Å²) in [6, 6.07) is 170. The largest absolute Gasteiger partial charge is 0.455 e. The van der Waals surface area contributed by atoms with Gasteiger partial charge in [-0.05, 0) is 176 Å². The van der Waals surface area contributed by atoms with Gasteiger partial charge in [-0.25, -0.2) is 44.9 Å². The zero-order valence-corrected chi connectivity index (χ0v) is 78.0. The molecule has 0 bridgehead atoms. The van der Waals surface area contributed by atoms with Gasteiger partial charge in [-0.3, -0.25) is 0 Å². The van der Waals surface area contributed by atoms with Crippen molar-refractivity contribution in [3.63, 3.8) is 0 Å². The molecule has 676 valence electrons. The van der Waals surface area contributed by atoms with E-state index >= 15 is 0 Å². The minimum absolute atomic E-state index is 0.593. The maximum atomic E-state index is 6.78. The third-order valence-electron chi connectivity index (χ3n) is 27.8. The molecule has 0 radical (unpaired) electrons. The lowest BCUT2D eigenvalue weighted by Crippen LogP contribution is -2.00. The van der Waals surface area contributed by atoms with Crippen molar-refractivity contribution in [2.75, 3.05) is 0 Å². The Labute approximate surface area is 832 Å². The van der Waals surface area contributed by atoms with Gasteiger partial charge in [0.1, 0.15) is 33.5 Å². The number of hydrogen-bond acceptors (Lipinski definition) is 12. The fourth-order valence-corrected chi connectivity index (χ4v) is 20.9. The van der Waals surface area contributed by atoms with E-state index in [9.17, 15) is 0 Å². The summed E-state index contributed by atoms with van der Waals surface area (Å²) in [5.41, 5.74) is 21.9. The monoisotopic (exact) mass is 1850 g/mol. The van der Waals surface area contributed by atoms with Crippen molar-refractivity contribution in [3.8, 4) is 147 Å². The van der Waals surface area contributed by atoms with Gasteiger partial charge in [0.25, 0.3) is 0 Å². The quantitative estimate of drug-likeness (QED) is 0.101. The summed E-state index contributed by atoms with van der Waals surface area (Å²) < 4.78 is 20.1. The molecule has 0 saturated heterocycles. The highest BCUT2D eigenvalue weighted by Gasteiger charge is 2.28. The number of hydrogen-bond donors (Lipinski definition) is 0. The minimum atomic E-state index is 0.593. The molecule has 12 heteroatoms. The van der Waals surface area contributed by atoms with Crippen LogP contribution in [-0.2, 0) is 0 Å². The van der Waals surface area contributed by atoms with Gasteiger partial charge in [-0.1, -0.05) is 419 Å². The van der Waals surface area contributed by atoms with E-state index in [4.69, 9.17) is 58.1 Å². The molecule has 0 aliphatic carbocycles. The molecule has 0 fully saturated rings. The lowest BCUT2D eigenvalue weighted by molar-refractivity contribution is 0.669. The lowest BCUT2D eigenvalue weighted by atomic mass is 9.91. The Bertz CT molecular complexity index is 9960. The molecule has 0 unspecified atom stereocenters. The highest BCUT2D eigenvalue weighted by Crippen LogP contribution is 2.49. The summed E-state index contributed by atoms with van der Waals surface area (Å²) in [5, 5.41) is 23.4. The van der Waals surface area contributed by atoms with E-state index in [1.807, 2.05) is 200 Å². The highest BCUT2D eigenvalue weighted by molar-refractivity contribution is 6.28. The van der Waals surface area contributed by atoms with Crippen LogP contribution in [-0.4, -0.2) is 44.9 Å². The van der Waals surface area contributed by atoms with Crippen molar-refractivity contribution >= 4 is 141 Å². The summed E-state index contributed by atoms with van der Waals surface area (Å²) in [6.45, 7) is 0. The summed E-state index contributed by atoms with van der Waals surface area (Å²) in [4.78, 5) is 45.3. The van der Waals surface area contributed by atoms with Gasteiger partial charge in [-0.2, -0.15) is 0 Å². The fraction of sp³-hybridized carbons (Fsp3) is 0. The Morgan fingerprint density at radius 1 is 0.117 bits per heavy atom. The van der Waals surface area contributed by atoms with Crippen molar-refractivity contribution < 1.29 is 13.3 Å². The predicted octanol–water partition coefficient (Wildman–Crippen LogP) is 35.1. The van der Waals surface area contributed by atoms with Crippen LogP contribution in [0.5, 0.6) is 0 Å². The van der Waals surface area contributed by atoms with Gasteiger partial charge in [0, 0.05) is 99.1 Å². The van der Waals surface area contributed by atoms with Gasteiger partial charge in [0.15, 0.2) is 52.4 Å². The van der Waals surface area contributed by atoms with Gasteiger partial charge in [-0.15, -0.1) is 0 Å². The van der Waals surface area contributed by atoms with Crippen LogP contribution in [0, 0.1) is 0 Å². The van der Waals surface area contributed by atoms with Crippen molar-refractivity contribution in [1.82, 2.24) is 44.9 Å². The van der Waals surface area contributed by atoms with E-state index in [1.54, 1.807) is 0 Å². The fourth-order valence-electron chi connectivity index (χ4n) is 20.9. The Kier molecular flexibility index (Phi) is 21.0. The Hall–Kier alpha value is -19.7. The predicted molar refractivity (Wildman–Crippen MR) is 595 cm³/mol. The molecular formula is C133H81N9O3. The van der Waals surface area contributed by atoms with E-state index in [0.29, 0.717) is 52.4 Å². The van der Waals surface area contributed by atoms with Crippen molar-refractivity contribution in [2.24, 2.45) is 0 Å². The SMILES string of the molecule is c1ccc(-c2ccc(-c3nc(-c4ccccc4)nc(-c4ccc(-c5ccc6c7ccccc7c7ccccc7c6c5)c5oc6ccccc6c45)n3)cc2)cc1.c1ccc(-c2nc(-c3ccccc3)nc(-c3ccc(-c4ccc5c6ccccc6c6ccccc6c5c4)c4oc5ccccc5c34)n2)cc1.c1ccc(-c2nc(-c3ccccc3)nc(-c3ccc(-c4ccc5ccccc5c4)c4oc5ccccc5c34)n2)cc1. The van der Waals surface area contributed by atoms with Crippen molar-refractivity contribution in [1.29, 1.82) is 0 Å². The van der Waals surface area contributed by atoms with Crippen LogP contribution in [0.1, 0.15) is 0 Å². The zero-order chi connectivity index (χ0) is 95.8. The molecule has 12 nitrogen and oxygen atoms in total. The number of para-hydroxylation sites is 3. The molecule has 6 heterocycles. The number of rotatable bonds is 13. The van der Waals surface area contributed by atoms with E-state index in [0.717, 1.165) is 160 Å². The van der Waals surface area contributed by atoms with Gasteiger partial charge >= 0.3 is 0 Å². The molecule has 0 atom stereocenters. The molecule has 0 spiro atoms. The molecule has 29 rings (SSSR count). The van der Waals surface area contributed by atoms with Crippen LogP contribution in [0.15, 0.2) is 505 Å². The van der Waals surface area contributed by atoms with Crippen LogP contribution >= 0.6 is 0 Å². The van der Waals surface area contributed by atoms with Crippen molar-refractivity contribution in [2.45, 2.75) is 0 Å². The molecule has 145 heavy (non-hydrogen) atoms. The van der Waals surface area contributed by atoms with Crippen LogP contribution in [0.3, 0.4) is 0 Å². The zero-order valence-electron chi connectivity index (χ0n) is 78.0. The second-order valence-electron chi connectivity index (χ2n) is 36.3. The van der Waals surface area contributed by atoms with Gasteiger partial charge in [0.05, 0.1) is 0 Å². The third-order valence-corrected chi connectivity index (χ3v) is 27.8. The van der Waals surface area contributed by atoms with Crippen LogP contribution in [0.25, 0.3) is 288 Å². The number of fused-ring (bicyclic) bond motifs is 22. The van der Waals surface area contributed by atoms with Crippen LogP contribution < -0.4 is 0 Å². The topological polar surface area (TPSA) is 155 Å². The average Bonchev–Trinajstić information content (AvgIpc) is 1.71.